The summed E-state index contributed by atoms with van der Waals surface area (Å²) in [6, 6.07) is 18.2. The molecule has 168 valence electrons. The Bertz CT molecular complexity index is 1000. The molecular formula is C26H30N2O4. The molecule has 0 radical (unpaired) electrons. The summed E-state index contributed by atoms with van der Waals surface area (Å²) in [5, 5.41) is 2.95. The van der Waals surface area contributed by atoms with Crippen molar-refractivity contribution in [2.45, 2.75) is 38.7 Å². The molecule has 0 aliphatic carbocycles. The fourth-order valence-corrected chi connectivity index (χ4v) is 4.71. The summed E-state index contributed by atoms with van der Waals surface area (Å²) in [5.41, 5.74) is 2.75. The van der Waals surface area contributed by atoms with Gasteiger partial charge in [0.05, 0.1) is 11.8 Å². The zero-order valence-electron chi connectivity index (χ0n) is 18.7. The fraction of sp³-hybridized carbons (Fsp3) is 0.423. The van der Waals surface area contributed by atoms with Gasteiger partial charge in [-0.3, -0.25) is 14.4 Å². The maximum Gasteiger partial charge on any atom is 0.310 e. The van der Waals surface area contributed by atoms with E-state index in [1.54, 1.807) is 4.90 Å². The Hall–Kier alpha value is -3.15. The molecule has 2 heterocycles. The van der Waals surface area contributed by atoms with Gasteiger partial charge < -0.3 is 15.0 Å². The van der Waals surface area contributed by atoms with Gasteiger partial charge in [-0.25, -0.2) is 0 Å². The summed E-state index contributed by atoms with van der Waals surface area (Å²) < 4.78 is 5.37. The number of ether oxygens (including phenoxy) is 1. The number of nitrogens with one attached hydrogen (secondary N) is 1. The Balaban J connectivity index is 1.48. The van der Waals surface area contributed by atoms with Crippen LogP contribution in [0.5, 0.6) is 0 Å². The van der Waals surface area contributed by atoms with Crippen LogP contribution in [-0.4, -0.2) is 47.9 Å². The van der Waals surface area contributed by atoms with Crippen LogP contribution in [-0.2, 0) is 25.5 Å². The van der Waals surface area contributed by atoms with Gasteiger partial charge in [-0.2, -0.15) is 0 Å². The van der Waals surface area contributed by atoms with Gasteiger partial charge in [-0.15, -0.1) is 0 Å². The molecule has 32 heavy (non-hydrogen) atoms. The first-order chi connectivity index (χ1) is 15.3. The van der Waals surface area contributed by atoms with Crippen LogP contribution in [0.2, 0.25) is 0 Å². The van der Waals surface area contributed by atoms with Crippen molar-refractivity contribution in [1.29, 1.82) is 0 Å². The molecule has 2 aromatic carbocycles. The lowest BCUT2D eigenvalue weighted by Crippen LogP contribution is -2.38. The molecule has 1 N–H and O–H groups in total. The van der Waals surface area contributed by atoms with Crippen LogP contribution in [0.1, 0.15) is 32.3 Å². The van der Waals surface area contributed by atoms with Crippen molar-refractivity contribution >= 4 is 17.8 Å². The molecule has 6 heteroatoms. The average Bonchev–Trinajstić information content (AvgIpc) is 2.91. The zero-order chi connectivity index (χ0) is 22.7. The van der Waals surface area contributed by atoms with Crippen LogP contribution in [0.15, 0.2) is 54.6 Å². The molecule has 2 aliphatic rings. The van der Waals surface area contributed by atoms with E-state index in [4.69, 9.17) is 4.74 Å². The molecule has 2 aromatic rings. The van der Waals surface area contributed by atoms with E-state index in [0.29, 0.717) is 32.5 Å². The van der Waals surface area contributed by atoms with Gasteiger partial charge in [0.25, 0.3) is 0 Å². The van der Waals surface area contributed by atoms with Gasteiger partial charge in [-0.05, 0) is 37.0 Å². The second-order valence-electron chi connectivity index (χ2n) is 9.34. The minimum atomic E-state index is -0.526. The SMILES string of the molecule is CC1(C)CC(CC(=O)N2CCNC(=O)C(Cc3ccccc3-c3ccccc3)C2)C(=O)O1. The molecule has 4 rings (SSSR count). The number of cyclic esters (lactones) is 1. The number of benzene rings is 2. The number of rotatable bonds is 5. The van der Waals surface area contributed by atoms with Crippen molar-refractivity contribution in [2.75, 3.05) is 19.6 Å². The van der Waals surface area contributed by atoms with E-state index in [9.17, 15) is 14.4 Å². The third-order valence-electron chi connectivity index (χ3n) is 6.28. The Labute approximate surface area is 188 Å². The van der Waals surface area contributed by atoms with E-state index in [0.717, 1.165) is 16.7 Å². The Morgan fingerprint density at radius 1 is 1.06 bits per heavy atom. The molecule has 2 amide bonds. The standard InChI is InChI=1S/C26H30N2O4/c1-26(2)16-20(25(31)32-26)15-23(29)28-13-12-27-24(30)21(17-28)14-19-10-6-7-11-22(19)18-8-4-3-5-9-18/h3-11,20-21H,12-17H2,1-2H3,(H,27,30). The number of esters is 1. The van der Waals surface area contributed by atoms with E-state index < -0.39 is 11.5 Å². The fourth-order valence-electron chi connectivity index (χ4n) is 4.71. The summed E-state index contributed by atoms with van der Waals surface area (Å²) in [6.45, 7) is 4.95. The molecule has 2 aliphatic heterocycles. The average molecular weight is 435 g/mol. The van der Waals surface area contributed by atoms with E-state index in [-0.39, 0.29) is 30.1 Å². The molecule has 0 aromatic heterocycles. The lowest BCUT2D eigenvalue weighted by Gasteiger charge is -2.24. The molecular weight excluding hydrogens is 404 g/mol. The van der Waals surface area contributed by atoms with Gasteiger partial charge >= 0.3 is 5.97 Å². The predicted octanol–water partition coefficient (Wildman–Crippen LogP) is 3.20. The quantitative estimate of drug-likeness (QED) is 0.734. The maximum absolute atomic E-state index is 13.0. The van der Waals surface area contributed by atoms with Crippen molar-refractivity contribution in [3.8, 4) is 11.1 Å². The van der Waals surface area contributed by atoms with E-state index in [1.807, 2.05) is 50.2 Å². The summed E-state index contributed by atoms with van der Waals surface area (Å²) in [7, 11) is 0. The summed E-state index contributed by atoms with van der Waals surface area (Å²) in [6.07, 6.45) is 1.21. The first-order valence-corrected chi connectivity index (χ1v) is 11.2. The Kier molecular flexibility index (Phi) is 6.31. The van der Waals surface area contributed by atoms with E-state index in [1.165, 1.54) is 0 Å². The Morgan fingerprint density at radius 3 is 2.50 bits per heavy atom. The van der Waals surface area contributed by atoms with Gasteiger partial charge in [0.2, 0.25) is 11.8 Å². The lowest BCUT2D eigenvalue weighted by atomic mass is 9.91. The molecule has 2 unspecified atom stereocenters. The highest BCUT2D eigenvalue weighted by atomic mass is 16.6. The number of carbonyl (C=O) groups excluding carboxylic acids is 3. The minimum absolute atomic E-state index is 0.0374. The van der Waals surface area contributed by atoms with Gasteiger partial charge in [0.1, 0.15) is 5.60 Å². The topological polar surface area (TPSA) is 75.7 Å². The molecule has 0 spiro atoms. The first kappa shape index (κ1) is 22.1. The van der Waals surface area contributed by atoms with Crippen LogP contribution >= 0.6 is 0 Å². The number of hydrogen-bond acceptors (Lipinski definition) is 4. The molecule has 0 bridgehead atoms. The number of amides is 2. The second-order valence-corrected chi connectivity index (χ2v) is 9.34. The summed E-state index contributed by atoms with van der Waals surface area (Å²) in [5.74, 6) is -1.20. The third-order valence-corrected chi connectivity index (χ3v) is 6.28. The molecule has 2 saturated heterocycles. The van der Waals surface area contributed by atoms with Crippen molar-refractivity contribution in [3.63, 3.8) is 0 Å². The highest BCUT2D eigenvalue weighted by Crippen LogP contribution is 2.33. The first-order valence-electron chi connectivity index (χ1n) is 11.2. The monoisotopic (exact) mass is 434 g/mol. The second kappa shape index (κ2) is 9.15. The largest absolute Gasteiger partial charge is 0.459 e. The number of hydrogen-bond donors (Lipinski definition) is 1. The molecule has 2 atom stereocenters. The molecule has 2 fully saturated rings. The highest BCUT2D eigenvalue weighted by molar-refractivity contribution is 5.86. The predicted molar refractivity (Wildman–Crippen MR) is 122 cm³/mol. The van der Waals surface area contributed by atoms with Crippen LogP contribution in [0.3, 0.4) is 0 Å². The minimum Gasteiger partial charge on any atom is -0.459 e. The summed E-state index contributed by atoms with van der Waals surface area (Å²) in [4.78, 5) is 39.7. The normalized spacial score (nSPS) is 22.8. The van der Waals surface area contributed by atoms with Crippen molar-refractivity contribution < 1.29 is 19.1 Å². The lowest BCUT2D eigenvalue weighted by molar-refractivity contribution is -0.150. The highest BCUT2D eigenvalue weighted by Gasteiger charge is 2.41. The van der Waals surface area contributed by atoms with Crippen LogP contribution in [0.4, 0.5) is 0 Å². The van der Waals surface area contributed by atoms with Crippen LogP contribution < -0.4 is 5.32 Å². The van der Waals surface area contributed by atoms with Crippen molar-refractivity contribution in [1.82, 2.24) is 10.2 Å². The number of carbonyl (C=O) groups is 3. The Morgan fingerprint density at radius 2 is 1.78 bits per heavy atom. The molecule has 0 saturated carbocycles. The van der Waals surface area contributed by atoms with E-state index >= 15 is 0 Å². The zero-order valence-corrected chi connectivity index (χ0v) is 18.7. The maximum atomic E-state index is 13.0. The van der Waals surface area contributed by atoms with Gasteiger partial charge in [0, 0.05) is 32.5 Å². The number of nitrogens with zero attached hydrogens (tertiary/aromatic N) is 1. The van der Waals surface area contributed by atoms with Crippen molar-refractivity contribution in [2.24, 2.45) is 11.8 Å². The van der Waals surface area contributed by atoms with Gasteiger partial charge in [-0.1, -0.05) is 54.6 Å². The van der Waals surface area contributed by atoms with Gasteiger partial charge in [0.15, 0.2) is 0 Å². The molecule has 6 nitrogen and oxygen atoms in total. The smallest absolute Gasteiger partial charge is 0.310 e. The third kappa shape index (κ3) is 5.01. The van der Waals surface area contributed by atoms with Crippen molar-refractivity contribution in [3.05, 3.63) is 60.2 Å². The van der Waals surface area contributed by atoms with Crippen LogP contribution in [0, 0.1) is 11.8 Å². The summed E-state index contributed by atoms with van der Waals surface area (Å²) >= 11 is 0. The van der Waals surface area contributed by atoms with E-state index in [2.05, 4.69) is 23.5 Å². The van der Waals surface area contributed by atoms with Crippen LogP contribution in [0.25, 0.3) is 11.1 Å².